The van der Waals surface area contributed by atoms with Crippen molar-refractivity contribution in [2.24, 2.45) is 11.1 Å². The lowest BCUT2D eigenvalue weighted by Crippen LogP contribution is -2.27. The van der Waals surface area contributed by atoms with Crippen molar-refractivity contribution < 1.29 is 4.39 Å². The second-order valence-electron chi connectivity index (χ2n) is 4.51. The van der Waals surface area contributed by atoms with E-state index in [1.54, 1.807) is 12.1 Å². The Morgan fingerprint density at radius 1 is 1.33 bits per heavy atom. The standard InChI is InChI=1S/C11H15ClFN.ClH/c1-11(2,3)10(14)8-5-4-7(12)6-9(8)13;/h4-6,10H,14H2,1-3H3;1H/t10-;/m0./s1. The predicted octanol–water partition coefficient (Wildman–Crippen LogP) is 3.95. The zero-order chi connectivity index (χ0) is 10.9. The second kappa shape index (κ2) is 5.15. The number of hydrogen-bond acceptors (Lipinski definition) is 1. The molecular formula is C11H16Cl2FN. The molecule has 86 valence electrons. The van der Waals surface area contributed by atoms with E-state index in [0.29, 0.717) is 10.6 Å². The first-order valence-electron chi connectivity index (χ1n) is 4.53. The van der Waals surface area contributed by atoms with Crippen LogP contribution in [0, 0.1) is 11.2 Å². The molecule has 1 atom stereocenters. The summed E-state index contributed by atoms with van der Waals surface area (Å²) in [6.07, 6.45) is 0. The highest BCUT2D eigenvalue weighted by atomic mass is 35.5. The van der Waals surface area contributed by atoms with Crippen LogP contribution in [0.3, 0.4) is 0 Å². The van der Waals surface area contributed by atoms with Crippen LogP contribution in [0.1, 0.15) is 32.4 Å². The third-order valence-corrected chi connectivity index (χ3v) is 2.47. The Morgan fingerprint density at radius 3 is 2.27 bits per heavy atom. The number of rotatable bonds is 1. The molecule has 0 aromatic heterocycles. The summed E-state index contributed by atoms with van der Waals surface area (Å²) in [5, 5.41) is 0.396. The minimum Gasteiger partial charge on any atom is -0.323 e. The van der Waals surface area contributed by atoms with Crippen molar-refractivity contribution in [1.82, 2.24) is 0 Å². The van der Waals surface area contributed by atoms with Crippen LogP contribution >= 0.6 is 24.0 Å². The Balaban J connectivity index is 0.00000196. The Kier molecular flexibility index (Phi) is 5.04. The highest BCUT2D eigenvalue weighted by Crippen LogP contribution is 2.32. The molecule has 0 radical (unpaired) electrons. The molecule has 0 aliphatic heterocycles. The van der Waals surface area contributed by atoms with E-state index >= 15 is 0 Å². The van der Waals surface area contributed by atoms with Gasteiger partial charge in [-0.3, -0.25) is 0 Å². The lowest BCUT2D eigenvalue weighted by molar-refractivity contribution is 0.319. The van der Waals surface area contributed by atoms with Gasteiger partial charge >= 0.3 is 0 Å². The molecule has 0 aliphatic carbocycles. The fourth-order valence-corrected chi connectivity index (χ4v) is 1.38. The van der Waals surface area contributed by atoms with Gasteiger partial charge in [-0.05, 0) is 17.5 Å². The third-order valence-electron chi connectivity index (χ3n) is 2.23. The topological polar surface area (TPSA) is 26.0 Å². The Hall–Kier alpha value is -0.310. The van der Waals surface area contributed by atoms with Gasteiger partial charge in [-0.25, -0.2) is 4.39 Å². The maximum Gasteiger partial charge on any atom is 0.129 e. The van der Waals surface area contributed by atoms with Crippen LogP contribution in [0.15, 0.2) is 18.2 Å². The monoisotopic (exact) mass is 251 g/mol. The van der Waals surface area contributed by atoms with Gasteiger partial charge in [-0.1, -0.05) is 38.4 Å². The number of nitrogens with two attached hydrogens (primary N) is 1. The summed E-state index contributed by atoms with van der Waals surface area (Å²) in [6.45, 7) is 5.93. The molecule has 1 rings (SSSR count). The van der Waals surface area contributed by atoms with Gasteiger partial charge in [0.1, 0.15) is 5.82 Å². The molecule has 0 saturated carbocycles. The van der Waals surface area contributed by atoms with E-state index in [2.05, 4.69) is 0 Å². The normalized spacial score (nSPS) is 13.2. The van der Waals surface area contributed by atoms with E-state index in [1.165, 1.54) is 6.07 Å². The van der Waals surface area contributed by atoms with E-state index in [1.807, 2.05) is 20.8 Å². The lowest BCUT2D eigenvalue weighted by Gasteiger charge is -2.27. The van der Waals surface area contributed by atoms with E-state index in [-0.39, 0.29) is 29.7 Å². The maximum atomic E-state index is 13.5. The molecule has 15 heavy (non-hydrogen) atoms. The van der Waals surface area contributed by atoms with Crippen molar-refractivity contribution in [2.75, 3.05) is 0 Å². The third kappa shape index (κ3) is 3.63. The van der Waals surface area contributed by atoms with Crippen molar-refractivity contribution >= 4 is 24.0 Å². The summed E-state index contributed by atoms with van der Waals surface area (Å²) in [4.78, 5) is 0. The first-order chi connectivity index (χ1) is 6.32. The highest BCUT2D eigenvalue weighted by Gasteiger charge is 2.24. The van der Waals surface area contributed by atoms with E-state index in [9.17, 15) is 4.39 Å². The van der Waals surface area contributed by atoms with Crippen LogP contribution in [0.5, 0.6) is 0 Å². The molecule has 1 aromatic rings. The van der Waals surface area contributed by atoms with E-state index in [0.717, 1.165) is 0 Å². The number of benzene rings is 1. The first-order valence-corrected chi connectivity index (χ1v) is 4.90. The molecule has 0 aliphatic rings. The van der Waals surface area contributed by atoms with Crippen LogP contribution < -0.4 is 5.73 Å². The Morgan fingerprint density at radius 2 is 1.87 bits per heavy atom. The summed E-state index contributed by atoms with van der Waals surface area (Å²) >= 11 is 5.66. The minimum atomic E-state index is -0.333. The maximum absolute atomic E-state index is 13.5. The highest BCUT2D eigenvalue weighted by molar-refractivity contribution is 6.30. The average molecular weight is 252 g/mol. The molecule has 0 fully saturated rings. The van der Waals surface area contributed by atoms with Gasteiger partial charge < -0.3 is 5.73 Å². The molecule has 0 bridgehead atoms. The Bertz CT molecular complexity index is 334. The molecule has 4 heteroatoms. The molecule has 0 saturated heterocycles. The summed E-state index contributed by atoms with van der Waals surface area (Å²) in [5.41, 5.74) is 6.30. The van der Waals surface area contributed by atoms with Crippen LogP contribution in [-0.2, 0) is 0 Å². The zero-order valence-electron chi connectivity index (χ0n) is 9.05. The number of halogens is 3. The van der Waals surface area contributed by atoms with E-state index < -0.39 is 0 Å². The molecule has 0 unspecified atom stereocenters. The van der Waals surface area contributed by atoms with Crippen molar-refractivity contribution in [3.63, 3.8) is 0 Å². The lowest BCUT2D eigenvalue weighted by atomic mass is 9.83. The fourth-order valence-electron chi connectivity index (χ4n) is 1.22. The van der Waals surface area contributed by atoms with Gasteiger partial charge in [0.05, 0.1) is 0 Å². The predicted molar refractivity (Wildman–Crippen MR) is 65.0 cm³/mol. The SMILES string of the molecule is CC(C)(C)[C@@H](N)c1ccc(Cl)cc1F.Cl. The van der Waals surface area contributed by atoms with Crippen molar-refractivity contribution in [3.8, 4) is 0 Å². The van der Waals surface area contributed by atoms with E-state index in [4.69, 9.17) is 17.3 Å². The van der Waals surface area contributed by atoms with Crippen molar-refractivity contribution in [1.29, 1.82) is 0 Å². The molecule has 1 nitrogen and oxygen atoms in total. The van der Waals surface area contributed by atoms with Gasteiger partial charge in [0, 0.05) is 16.6 Å². The van der Waals surface area contributed by atoms with Crippen LogP contribution in [0.2, 0.25) is 5.02 Å². The largest absolute Gasteiger partial charge is 0.323 e. The average Bonchev–Trinajstić information content (AvgIpc) is 2.01. The molecular weight excluding hydrogens is 236 g/mol. The fraction of sp³-hybridized carbons (Fsp3) is 0.455. The summed E-state index contributed by atoms with van der Waals surface area (Å²) in [5.74, 6) is -0.333. The molecule has 0 heterocycles. The van der Waals surface area contributed by atoms with Crippen molar-refractivity contribution in [2.45, 2.75) is 26.8 Å². The van der Waals surface area contributed by atoms with Gasteiger partial charge in [-0.15, -0.1) is 12.4 Å². The quantitative estimate of drug-likeness (QED) is 0.804. The Labute approximate surface area is 101 Å². The van der Waals surface area contributed by atoms with Gasteiger partial charge in [0.15, 0.2) is 0 Å². The smallest absolute Gasteiger partial charge is 0.129 e. The van der Waals surface area contributed by atoms with Gasteiger partial charge in [0.25, 0.3) is 0 Å². The molecule has 2 N–H and O–H groups in total. The number of hydrogen-bond donors (Lipinski definition) is 1. The molecule has 1 aromatic carbocycles. The summed E-state index contributed by atoms with van der Waals surface area (Å²) < 4.78 is 13.5. The van der Waals surface area contributed by atoms with Gasteiger partial charge in [-0.2, -0.15) is 0 Å². The van der Waals surface area contributed by atoms with Crippen LogP contribution in [0.4, 0.5) is 4.39 Å². The minimum absolute atomic E-state index is 0. The summed E-state index contributed by atoms with van der Waals surface area (Å²) in [7, 11) is 0. The molecule has 0 spiro atoms. The second-order valence-corrected chi connectivity index (χ2v) is 4.95. The summed E-state index contributed by atoms with van der Waals surface area (Å²) in [6, 6.07) is 4.28. The van der Waals surface area contributed by atoms with Gasteiger partial charge in [0.2, 0.25) is 0 Å². The molecule has 0 amide bonds. The first kappa shape index (κ1) is 14.7. The van der Waals surface area contributed by atoms with Crippen LogP contribution in [0.25, 0.3) is 0 Å². The van der Waals surface area contributed by atoms with Crippen LogP contribution in [-0.4, -0.2) is 0 Å². The van der Waals surface area contributed by atoms with Crippen molar-refractivity contribution in [3.05, 3.63) is 34.6 Å². The zero-order valence-corrected chi connectivity index (χ0v) is 10.6.